The molecule has 30 heavy (non-hydrogen) atoms. The monoisotopic (exact) mass is 411 g/mol. The van der Waals surface area contributed by atoms with E-state index in [4.69, 9.17) is 9.47 Å². The van der Waals surface area contributed by atoms with Crippen molar-refractivity contribution in [2.75, 3.05) is 19.8 Å². The van der Waals surface area contributed by atoms with E-state index < -0.39 is 0 Å². The van der Waals surface area contributed by atoms with E-state index in [1.165, 1.54) is 44.1 Å². The van der Waals surface area contributed by atoms with Crippen molar-refractivity contribution in [3.63, 3.8) is 0 Å². The molecular formula is C27H41NO2. The van der Waals surface area contributed by atoms with E-state index in [0.29, 0.717) is 0 Å². The van der Waals surface area contributed by atoms with Crippen LogP contribution in [0.4, 0.5) is 0 Å². The normalized spacial score (nSPS) is 12.1. The van der Waals surface area contributed by atoms with Gasteiger partial charge in [0.05, 0.1) is 12.3 Å². The SMILES string of the molecule is CCCCCOCCCc1ccc(-c2ccc(OCCCCC(C)CC)cc2)nc1. The minimum atomic E-state index is 0.797. The van der Waals surface area contributed by atoms with Crippen molar-refractivity contribution in [2.24, 2.45) is 5.92 Å². The van der Waals surface area contributed by atoms with Crippen LogP contribution in [0.5, 0.6) is 5.75 Å². The van der Waals surface area contributed by atoms with Gasteiger partial charge in [-0.05, 0) is 73.9 Å². The molecule has 2 aromatic rings. The first-order valence-electron chi connectivity index (χ1n) is 12.0. The molecule has 1 atom stereocenters. The molecule has 0 radical (unpaired) electrons. The average molecular weight is 412 g/mol. The van der Waals surface area contributed by atoms with Gasteiger partial charge in [0.15, 0.2) is 0 Å². The highest BCUT2D eigenvalue weighted by Gasteiger charge is 2.03. The third-order valence-electron chi connectivity index (χ3n) is 5.68. The molecule has 0 fully saturated rings. The molecule has 0 bridgehead atoms. The van der Waals surface area contributed by atoms with Crippen LogP contribution in [0.3, 0.4) is 0 Å². The summed E-state index contributed by atoms with van der Waals surface area (Å²) >= 11 is 0. The number of pyridine rings is 1. The molecule has 0 amide bonds. The van der Waals surface area contributed by atoms with E-state index in [1.54, 1.807) is 0 Å². The molecule has 3 nitrogen and oxygen atoms in total. The van der Waals surface area contributed by atoms with Crippen molar-refractivity contribution in [3.05, 3.63) is 48.2 Å². The van der Waals surface area contributed by atoms with Crippen LogP contribution in [0.1, 0.15) is 77.7 Å². The summed E-state index contributed by atoms with van der Waals surface area (Å²) in [4.78, 5) is 4.65. The van der Waals surface area contributed by atoms with Gasteiger partial charge in [0, 0.05) is 25.0 Å². The number of aromatic nitrogens is 1. The number of ether oxygens (including phenoxy) is 2. The van der Waals surface area contributed by atoms with Gasteiger partial charge in [-0.15, -0.1) is 0 Å². The maximum absolute atomic E-state index is 5.88. The van der Waals surface area contributed by atoms with Crippen molar-refractivity contribution in [1.29, 1.82) is 0 Å². The summed E-state index contributed by atoms with van der Waals surface area (Å²) in [6.45, 7) is 9.33. The van der Waals surface area contributed by atoms with E-state index in [0.717, 1.165) is 62.0 Å². The maximum atomic E-state index is 5.88. The molecule has 0 aliphatic rings. The van der Waals surface area contributed by atoms with Crippen molar-refractivity contribution < 1.29 is 9.47 Å². The predicted octanol–water partition coefficient (Wildman–Crippen LogP) is 7.48. The molecule has 1 unspecified atom stereocenters. The van der Waals surface area contributed by atoms with Gasteiger partial charge in [-0.3, -0.25) is 4.98 Å². The minimum absolute atomic E-state index is 0.797. The standard InChI is InChI=1S/C27H41NO2/c1-4-6-8-19-29-20-10-12-24-13-18-27(28-22-24)25-14-16-26(17-15-25)30-21-9-7-11-23(3)5-2/h13-18,22-23H,4-12,19-21H2,1-3H3. The molecular weight excluding hydrogens is 370 g/mol. The van der Waals surface area contributed by atoms with E-state index in [2.05, 4.69) is 62.2 Å². The molecule has 3 heteroatoms. The molecule has 1 aromatic heterocycles. The zero-order chi connectivity index (χ0) is 21.4. The molecule has 0 saturated carbocycles. The van der Waals surface area contributed by atoms with Gasteiger partial charge in [-0.1, -0.05) is 52.5 Å². The molecule has 0 N–H and O–H groups in total. The van der Waals surface area contributed by atoms with Crippen LogP contribution in [-0.2, 0) is 11.2 Å². The number of nitrogens with zero attached hydrogens (tertiary/aromatic N) is 1. The summed E-state index contributed by atoms with van der Waals surface area (Å²) in [5.74, 6) is 1.77. The number of benzene rings is 1. The van der Waals surface area contributed by atoms with Crippen LogP contribution in [0, 0.1) is 5.92 Å². The first kappa shape index (κ1) is 24.4. The smallest absolute Gasteiger partial charge is 0.119 e. The Morgan fingerprint density at radius 3 is 2.30 bits per heavy atom. The van der Waals surface area contributed by atoms with Crippen molar-refractivity contribution in [3.8, 4) is 17.0 Å². The lowest BCUT2D eigenvalue weighted by atomic mass is 10.0. The van der Waals surface area contributed by atoms with Gasteiger partial charge in [0.25, 0.3) is 0 Å². The molecule has 0 aliphatic carbocycles. The van der Waals surface area contributed by atoms with E-state index in [-0.39, 0.29) is 0 Å². The molecule has 0 aliphatic heterocycles. The molecule has 0 saturated heterocycles. The van der Waals surface area contributed by atoms with Crippen LogP contribution < -0.4 is 4.74 Å². The highest BCUT2D eigenvalue weighted by Crippen LogP contribution is 2.21. The quantitative estimate of drug-likeness (QED) is 0.268. The number of rotatable bonds is 16. The summed E-state index contributed by atoms with van der Waals surface area (Å²) in [6, 6.07) is 12.6. The Labute approximate surface area is 184 Å². The molecule has 1 aromatic carbocycles. The molecule has 0 spiro atoms. The Kier molecular flexibility index (Phi) is 12.2. The summed E-state index contributed by atoms with van der Waals surface area (Å²) in [6.07, 6.45) is 12.7. The topological polar surface area (TPSA) is 31.4 Å². The van der Waals surface area contributed by atoms with E-state index in [9.17, 15) is 0 Å². The fourth-order valence-corrected chi connectivity index (χ4v) is 3.39. The Hall–Kier alpha value is -1.87. The van der Waals surface area contributed by atoms with Crippen molar-refractivity contribution in [2.45, 2.75) is 78.6 Å². The average Bonchev–Trinajstić information content (AvgIpc) is 2.79. The van der Waals surface area contributed by atoms with Crippen molar-refractivity contribution in [1.82, 2.24) is 4.98 Å². The maximum Gasteiger partial charge on any atom is 0.119 e. The van der Waals surface area contributed by atoms with Crippen LogP contribution in [0.2, 0.25) is 0 Å². The van der Waals surface area contributed by atoms with Crippen LogP contribution in [0.25, 0.3) is 11.3 Å². The fourth-order valence-electron chi connectivity index (χ4n) is 3.39. The summed E-state index contributed by atoms with van der Waals surface area (Å²) in [5, 5.41) is 0. The lowest BCUT2D eigenvalue weighted by Crippen LogP contribution is -1.99. The Morgan fingerprint density at radius 2 is 1.60 bits per heavy atom. The summed E-state index contributed by atoms with van der Waals surface area (Å²) in [5.41, 5.74) is 3.41. The first-order chi connectivity index (χ1) is 14.7. The Balaban J connectivity index is 1.68. The van der Waals surface area contributed by atoms with Gasteiger partial charge in [0.2, 0.25) is 0 Å². The third-order valence-corrected chi connectivity index (χ3v) is 5.68. The molecule has 166 valence electrons. The van der Waals surface area contributed by atoms with Crippen LogP contribution in [-0.4, -0.2) is 24.8 Å². The second-order valence-corrected chi connectivity index (χ2v) is 8.36. The van der Waals surface area contributed by atoms with Crippen molar-refractivity contribution >= 4 is 0 Å². The van der Waals surface area contributed by atoms with Gasteiger partial charge in [-0.25, -0.2) is 0 Å². The highest BCUT2D eigenvalue weighted by molar-refractivity contribution is 5.60. The minimum Gasteiger partial charge on any atom is -0.494 e. The number of hydrogen-bond acceptors (Lipinski definition) is 3. The highest BCUT2D eigenvalue weighted by atomic mass is 16.5. The fraction of sp³-hybridized carbons (Fsp3) is 0.593. The molecule has 2 rings (SSSR count). The largest absolute Gasteiger partial charge is 0.494 e. The van der Waals surface area contributed by atoms with Crippen LogP contribution >= 0.6 is 0 Å². The van der Waals surface area contributed by atoms with E-state index >= 15 is 0 Å². The number of hydrogen-bond donors (Lipinski definition) is 0. The lowest BCUT2D eigenvalue weighted by molar-refractivity contribution is 0.128. The third kappa shape index (κ3) is 9.75. The van der Waals surface area contributed by atoms with Gasteiger partial charge in [-0.2, -0.15) is 0 Å². The van der Waals surface area contributed by atoms with Gasteiger partial charge in [0.1, 0.15) is 5.75 Å². The lowest BCUT2D eigenvalue weighted by Gasteiger charge is -2.09. The molecule has 1 heterocycles. The number of unbranched alkanes of at least 4 members (excludes halogenated alkanes) is 3. The zero-order valence-electron chi connectivity index (χ0n) is 19.4. The second-order valence-electron chi connectivity index (χ2n) is 8.36. The zero-order valence-corrected chi connectivity index (χ0v) is 19.4. The van der Waals surface area contributed by atoms with Gasteiger partial charge >= 0.3 is 0 Å². The predicted molar refractivity (Wildman–Crippen MR) is 127 cm³/mol. The van der Waals surface area contributed by atoms with E-state index in [1.807, 2.05) is 6.20 Å². The first-order valence-corrected chi connectivity index (χ1v) is 12.0. The second kappa shape index (κ2) is 15.0. The Morgan fingerprint density at radius 1 is 0.833 bits per heavy atom. The van der Waals surface area contributed by atoms with Crippen LogP contribution in [0.15, 0.2) is 42.6 Å². The van der Waals surface area contributed by atoms with Gasteiger partial charge < -0.3 is 9.47 Å². The summed E-state index contributed by atoms with van der Waals surface area (Å²) < 4.78 is 11.6. The summed E-state index contributed by atoms with van der Waals surface area (Å²) in [7, 11) is 0. The Bertz CT molecular complexity index is 666. The number of aryl methyl sites for hydroxylation is 1.